The summed E-state index contributed by atoms with van der Waals surface area (Å²) >= 11 is 0. The Kier molecular flexibility index (Phi) is 6.28. The Bertz CT molecular complexity index is 928. The molecule has 0 aliphatic rings. The van der Waals surface area contributed by atoms with Crippen LogP contribution in [0.25, 0.3) is 22.4 Å². The molecule has 1 amide bonds. The number of carbonyl (C=O) groups is 2. The molecule has 3 rings (SSSR count). The lowest BCUT2D eigenvalue weighted by Crippen LogP contribution is -2.15. The highest BCUT2D eigenvalue weighted by molar-refractivity contribution is 5.81. The molecule has 0 saturated carbocycles. The van der Waals surface area contributed by atoms with Gasteiger partial charge in [-0.3, -0.25) is 9.59 Å². The normalized spacial score (nSPS) is 10.2. The SMILES string of the molecule is NC(=O)Cc1nc(-c2ccc3cccc(F)c3n2)n(CCO)n1.O=CO. The Labute approximate surface area is 146 Å². The van der Waals surface area contributed by atoms with Crippen LogP contribution in [0.15, 0.2) is 30.3 Å². The molecule has 9 nitrogen and oxygen atoms in total. The van der Waals surface area contributed by atoms with Gasteiger partial charge < -0.3 is 15.9 Å². The lowest BCUT2D eigenvalue weighted by Gasteiger charge is -2.05. The number of nitrogens with two attached hydrogens (primary N) is 1. The summed E-state index contributed by atoms with van der Waals surface area (Å²) in [4.78, 5) is 27.9. The Morgan fingerprint density at radius 3 is 2.65 bits per heavy atom. The number of fused-ring (bicyclic) bond motifs is 1. The van der Waals surface area contributed by atoms with Crippen LogP contribution < -0.4 is 5.73 Å². The van der Waals surface area contributed by atoms with Gasteiger partial charge in [-0.25, -0.2) is 19.0 Å². The molecule has 10 heteroatoms. The van der Waals surface area contributed by atoms with Gasteiger partial charge in [0.25, 0.3) is 6.47 Å². The summed E-state index contributed by atoms with van der Waals surface area (Å²) in [6, 6.07) is 8.11. The average molecular weight is 361 g/mol. The summed E-state index contributed by atoms with van der Waals surface area (Å²) in [7, 11) is 0. The minimum Gasteiger partial charge on any atom is -0.483 e. The minimum atomic E-state index is -0.560. The number of carbonyl (C=O) groups excluding carboxylic acids is 1. The highest BCUT2D eigenvalue weighted by atomic mass is 19.1. The van der Waals surface area contributed by atoms with E-state index in [0.717, 1.165) is 0 Å². The number of para-hydroxylation sites is 1. The third-order valence-corrected chi connectivity index (χ3v) is 3.26. The number of amides is 1. The fourth-order valence-electron chi connectivity index (χ4n) is 2.30. The van der Waals surface area contributed by atoms with E-state index in [4.69, 9.17) is 20.7 Å². The number of aliphatic hydroxyl groups excluding tert-OH is 1. The fourth-order valence-corrected chi connectivity index (χ4v) is 2.30. The number of nitrogens with zero attached hydrogens (tertiary/aromatic N) is 4. The summed E-state index contributed by atoms with van der Waals surface area (Å²) in [5.41, 5.74) is 5.77. The molecular formula is C16H16FN5O4. The van der Waals surface area contributed by atoms with E-state index in [0.29, 0.717) is 16.9 Å². The monoisotopic (exact) mass is 361 g/mol. The second-order valence-corrected chi connectivity index (χ2v) is 5.05. The first-order chi connectivity index (χ1) is 12.5. The first-order valence-electron chi connectivity index (χ1n) is 7.46. The summed E-state index contributed by atoms with van der Waals surface area (Å²) in [5, 5.41) is 20.8. The van der Waals surface area contributed by atoms with Crippen molar-refractivity contribution in [1.82, 2.24) is 19.7 Å². The summed E-state index contributed by atoms with van der Waals surface area (Å²) in [6.45, 7) is -0.230. The Balaban J connectivity index is 0.000000758. The van der Waals surface area contributed by atoms with Crippen molar-refractivity contribution in [3.8, 4) is 11.5 Å². The zero-order valence-electron chi connectivity index (χ0n) is 13.5. The van der Waals surface area contributed by atoms with Gasteiger partial charge in [-0.15, -0.1) is 0 Å². The maximum Gasteiger partial charge on any atom is 0.290 e. The molecule has 136 valence electrons. The van der Waals surface area contributed by atoms with E-state index in [1.165, 1.54) is 10.7 Å². The summed E-state index contributed by atoms with van der Waals surface area (Å²) in [5.74, 6) is -0.415. The third-order valence-electron chi connectivity index (χ3n) is 3.26. The number of hydrogen-bond acceptors (Lipinski definition) is 6. The van der Waals surface area contributed by atoms with E-state index in [1.807, 2.05) is 0 Å². The Morgan fingerprint density at radius 2 is 2.00 bits per heavy atom. The van der Waals surface area contributed by atoms with Crippen LogP contribution in [-0.4, -0.2) is 48.9 Å². The molecule has 0 bridgehead atoms. The lowest BCUT2D eigenvalue weighted by atomic mass is 10.2. The van der Waals surface area contributed by atoms with Crippen molar-refractivity contribution >= 4 is 23.3 Å². The summed E-state index contributed by atoms with van der Waals surface area (Å²) in [6.07, 6.45) is -0.118. The van der Waals surface area contributed by atoms with Gasteiger partial charge in [0.15, 0.2) is 11.6 Å². The van der Waals surface area contributed by atoms with Crippen LogP contribution in [0.3, 0.4) is 0 Å². The van der Waals surface area contributed by atoms with Gasteiger partial charge in [0.1, 0.15) is 17.0 Å². The van der Waals surface area contributed by atoms with Crippen LogP contribution in [-0.2, 0) is 22.6 Å². The molecule has 0 radical (unpaired) electrons. The molecule has 3 aromatic rings. The van der Waals surface area contributed by atoms with Gasteiger partial charge in [0.05, 0.1) is 19.6 Å². The number of hydrogen-bond donors (Lipinski definition) is 3. The van der Waals surface area contributed by atoms with E-state index >= 15 is 0 Å². The fraction of sp³-hybridized carbons (Fsp3) is 0.188. The molecule has 0 atom stereocenters. The van der Waals surface area contributed by atoms with Crippen LogP contribution >= 0.6 is 0 Å². The molecule has 26 heavy (non-hydrogen) atoms. The van der Waals surface area contributed by atoms with Crippen LogP contribution in [0.4, 0.5) is 4.39 Å². The number of halogens is 1. The van der Waals surface area contributed by atoms with Crippen LogP contribution in [0.1, 0.15) is 5.82 Å². The number of carboxylic acid groups (broad SMARTS) is 1. The second kappa shape index (κ2) is 8.62. The molecule has 4 N–H and O–H groups in total. The highest BCUT2D eigenvalue weighted by Gasteiger charge is 2.15. The van der Waals surface area contributed by atoms with Crippen LogP contribution in [0.2, 0.25) is 0 Å². The maximum absolute atomic E-state index is 13.9. The number of rotatable bonds is 5. The maximum atomic E-state index is 13.9. The quantitative estimate of drug-likeness (QED) is 0.556. The van der Waals surface area contributed by atoms with Crippen LogP contribution in [0, 0.1) is 5.82 Å². The molecule has 0 spiro atoms. The number of pyridine rings is 1. The molecule has 0 saturated heterocycles. The Morgan fingerprint density at radius 1 is 1.27 bits per heavy atom. The highest BCUT2D eigenvalue weighted by Crippen LogP contribution is 2.21. The number of aliphatic hydroxyl groups is 1. The van der Waals surface area contributed by atoms with Gasteiger partial charge in [-0.2, -0.15) is 5.10 Å². The predicted molar refractivity (Wildman–Crippen MR) is 89.4 cm³/mol. The standard InChI is InChI=1S/C15H14FN5O2.CH2O2/c16-10-3-1-2-9-4-5-11(18-14(9)10)15-19-13(8-12(17)23)20-21(15)6-7-22;2-1-3/h1-5,22H,6-8H2,(H2,17,23);1H,(H,2,3). The van der Waals surface area contributed by atoms with Crippen LogP contribution in [0.5, 0.6) is 0 Å². The van der Waals surface area contributed by atoms with E-state index in [2.05, 4.69) is 15.1 Å². The first kappa shape index (κ1) is 18.9. The van der Waals surface area contributed by atoms with Crippen molar-refractivity contribution in [2.24, 2.45) is 5.73 Å². The van der Waals surface area contributed by atoms with E-state index in [9.17, 15) is 9.18 Å². The molecule has 0 fully saturated rings. The van der Waals surface area contributed by atoms with Gasteiger partial charge in [0.2, 0.25) is 5.91 Å². The van der Waals surface area contributed by atoms with E-state index in [-0.39, 0.29) is 37.4 Å². The molecule has 0 aliphatic carbocycles. The van der Waals surface area contributed by atoms with Crippen molar-refractivity contribution in [1.29, 1.82) is 0 Å². The van der Waals surface area contributed by atoms with Gasteiger partial charge in [0, 0.05) is 5.39 Å². The van der Waals surface area contributed by atoms with Crippen molar-refractivity contribution < 1.29 is 24.2 Å². The van der Waals surface area contributed by atoms with Gasteiger partial charge in [-0.1, -0.05) is 18.2 Å². The largest absolute Gasteiger partial charge is 0.483 e. The first-order valence-corrected chi connectivity index (χ1v) is 7.46. The minimum absolute atomic E-state index is 0.118. The van der Waals surface area contributed by atoms with E-state index in [1.54, 1.807) is 24.3 Å². The molecular weight excluding hydrogens is 345 g/mol. The second-order valence-electron chi connectivity index (χ2n) is 5.05. The van der Waals surface area contributed by atoms with Crippen molar-refractivity contribution in [3.63, 3.8) is 0 Å². The molecule has 0 unspecified atom stereocenters. The number of aromatic nitrogens is 4. The van der Waals surface area contributed by atoms with Crippen molar-refractivity contribution in [3.05, 3.63) is 42.0 Å². The number of primary amides is 1. The molecule has 0 aliphatic heterocycles. The smallest absolute Gasteiger partial charge is 0.290 e. The van der Waals surface area contributed by atoms with E-state index < -0.39 is 11.7 Å². The molecule has 2 heterocycles. The molecule has 1 aromatic carbocycles. The zero-order chi connectivity index (χ0) is 19.1. The molecule has 2 aromatic heterocycles. The van der Waals surface area contributed by atoms with Gasteiger partial charge in [-0.05, 0) is 12.1 Å². The Hall–Kier alpha value is -3.40. The topological polar surface area (TPSA) is 144 Å². The average Bonchev–Trinajstić information content (AvgIpc) is 2.98. The van der Waals surface area contributed by atoms with Gasteiger partial charge >= 0.3 is 0 Å². The predicted octanol–water partition coefficient (Wildman–Crippen LogP) is 0.353. The van der Waals surface area contributed by atoms with Crippen molar-refractivity contribution in [2.75, 3.05) is 6.61 Å². The number of benzene rings is 1. The summed E-state index contributed by atoms with van der Waals surface area (Å²) < 4.78 is 15.3. The zero-order valence-corrected chi connectivity index (χ0v) is 13.5. The third kappa shape index (κ3) is 4.36. The lowest BCUT2D eigenvalue weighted by molar-refractivity contribution is -0.123. The van der Waals surface area contributed by atoms with Crippen molar-refractivity contribution in [2.45, 2.75) is 13.0 Å².